The van der Waals surface area contributed by atoms with Gasteiger partial charge in [-0.05, 0) is 103 Å². The molecular formula is C34H40N2O7. The Hall–Kier alpha value is -4.47. The number of aromatic amines is 1. The number of ketones is 1. The number of Topliss-reactive ketones (excluding diaryl/α,β-unsaturated/α-hetero) is 1. The Morgan fingerprint density at radius 3 is 2.02 bits per heavy atom. The van der Waals surface area contributed by atoms with Gasteiger partial charge in [0.1, 0.15) is 11.5 Å². The summed E-state index contributed by atoms with van der Waals surface area (Å²) >= 11 is 0. The van der Waals surface area contributed by atoms with Crippen LogP contribution in [0.15, 0.2) is 73.1 Å². The van der Waals surface area contributed by atoms with Gasteiger partial charge in [-0.3, -0.25) is 4.79 Å². The van der Waals surface area contributed by atoms with Crippen LogP contribution in [-0.2, 0) is 30.6 Å². The highest BCUT2D eigenvalue weighted by atomic mass is 16.5. The van der Waals surface area contributed by atoms with Gasteiger partial charge in [0.2, 0.25) is 0 Å². The first-order valence-electron chi connectivity index (χ1n) is 14.2. The molecule has 0 aliphatic rings. The number of nitrogens with one attached hydrogen (secondary N) is 2. The number of ether oxygens (including phenoxy) is 2. The monoisotopic (exact) mass is 588 g/mol. The summed E-state index contributed by atoms with van der Waals surface area (Å²) in [6.45, 7) is 0.507. The summed E-state index contributed by atoms with van der Waals surface area (Å²) in [5, 5.41) is 45.3. The number of hydrogen-bond acceptors (Lipinski definition) is 8. The van der Waals surface area contributed by atoms with E-state index < -0.39 is 12.0 Å². The topological polar surface area (TPSA) is 144 Å². The Labute approximate surface area is 251 Å². The van der Waals surface area contributed by atoms with Gasteiger partial charge in [0.15, 0.2) is 23.0 Å². The van der Waals surface area contributed by atoms with Gasteiger partial charge >= 0.3 is 0 Å². The molecule has 0 saturated heterocycles. The number of carbonyl (C=O) groups is 1. The Balaban J connectivity index is 1.64. The van der Waals surface area contributed by atoms with Crippen molar-refractivity contribution in [3.05, 3.63) is 101 Å². The molecule has 0 aliphatic carbocycles. The van der Waals surface area contributed by atoms with E-state index in [1.807, 2.05) is 24.5 Å². The molecule has 0 spiro atoms. The summed E-state index contributed by atoms with van der Waals surface area (Å²) in [5.41, 5.74) is 4.09. The third-order valence-corrected chi connectivity index (χ3v) is 7.71. The lowest BCUT2D eigenvalue weighted by Gasteiger charge is -2.25. The van der Waals surface area contributed by atoms with Crippen molar-refractivity contribution in [2.75, 3.05) is 21.3 Å². The maximum absolute atomic E-state index is 14.1. The van der Waals surface area contributed by atoms with Gasteiger partial charge in [-0.2, -0.15) is 0 Å². The van der Waals surface area contributed by atoms with Crippen LogP contribution in [0.3, 0.4) is 0 Å². The molecule has 9 heteroatoms. The summed E-state index contributed by atoms with van der Waals surface area (Å²) < 4.78 is 10.6. The maximum Gasteiger partial charge on any atom is 0.160 e. The number of hydrogen-bond donors (Lipinski definition) is 6. The molecule has 9 nitrogen and oxygen atoms in total. The highest BCUT2D eigenvalue weighted by molar-refractivity contribution is 5.86. The molecule has 0 aliphatic heterocycles. The van der Waals surface area contributed by atoms with E-state index in [1.54, 1.807) is 49.5 Å². The van der Waals surface area contributed by atoms with Crippen LogP contribution in [0.25, 0.3) is 0 Å². The quantitative estimate of drug-likeness (QED) is 0.118. The molecule has 228 valence electrons. The van der Waals surface area contributed by atoms with E-state index >= 15 is 0 Å². The van der Waals surface area contributed by atoms with Crippen molar-refractivity contribution >= 4 is 5.78 Å². The molecule has 3 atom stereocenters. The molecule has 6 N–H and O–H groups in total. The van der Waals surface area contributed by atoms with Gasteiger partial charge in [-0.1, -0.05) is 18.2 Å². The first kappa shape index (κ1) is 31.5. The van der Waals surface area contributed by atoms with E-state index in [1.165, 1.54) is 20.3 Å². The number of aromatic nitrogens is 1. The molecule has 43 heavy (non-hydrogen) atoms. The predicted molar refractivity (Wildman–Crippen MR) is 164 cm³/mol. The molecule has 0 saturated carbocycles. The van der Waals surface area contributed by atoms with Crippen molar-refractivity contribution in [2.45, 2.75) is 44.2 Å². The van der Waals surface area contributed by atoms with Crippen LogP contribution in [0, 0.1) is 5.92 Å². The molecule has 0 fully saturated rings. The number of aliphatic hydroxyl groups excluding tert-OH is 1. The second-order valence-electron chi connectivity index (χ2n) is 10.9. The number of rotatable bonds is 15. The fourth-order valence-electron chi connectivity index (χ4n) is 5.51. The van der Waals surface area contributed by atoms with Crippen molar-refractivity contribution in [1.82, 2.24) is 10.3 Å². The second-order valence-corrected chi connectivity index (χ2v) is 10.9. The Bertz CT molecular complexity index is 1500. The molecule has 4 rings (SSSR count). The fraction of sp³-hybridized carbons (Fsp3) is 0.324. The molecule has 0 amide bonds. The van der Waals surface area contributed by atoms with Crippen LogP contribution in [0.1, 0.15) is 40.2 Å². The average Bonchev–Trinajstić information content (AvgIpc) is 3.50. The number of methoxy groups -OCH3 is 2. The molecule has 0 unspecified atom stereocenters. The summed E-state index contributed by atoms with van der Waals surface area (Å²) in [7, 11) is 4.75. The van der Waals surface area contributed by atoms with E-state index in [4.69, 9.17) is 9.47 Å². The highest BCUT2D eigenvalue weighted by Crippen LogP contribution is 2.34. The maximum atomic E-state index is 14.1. The lowest BCUT2D eigenvalue weighted by molar-refractivity contribution is -0.123. The highest BCUT2D eigenvalue weighted by Gasteiger charge is 2.29. The van der Waals surface area contributed by atoms with Crippen LogP contribution < -0.4 is 14.8 Å². The molecule has 4 aromatic rings. The summed E-state index contributed by atoms with van der Waals surface area (Å²) in [4.78, 5) is 17.1. The van der Waals surface area contributed by atoms with E-state index in [2.05, 4.69) is 10.3 Å². The number of phenols is 3. The molecule has 1 aromatic heterocycles. The molecule has 1 heterocycles. The third-order valence-electron chi connectivity index (χ3n) is 7.71. The SMILES string of the molecule is CNCc1cc(O)cc([C@@H](Cc2ccc(O)c(OC)c2)C(=O)C[C@@H](O)[C@H](Cc2cc[nH]c2)Cc2ccc(O)c(OC)c2)c1. The van der Waals surface area contributed by atoms with Crippen molar-refractivity contribution < 1.29 is 34.7 Å². The summed E-state index contributed by atoms with van der Waals surface area (Å²) in [6.07, 6.45) is 3.86. The van der Waals surface area contributed by atoms with Crippen LogP contribution in [0.5, 0.6) is 28.7 Å². The van der Waals surface area contributed by atoms with Gasteiger partial charge in [-0.15, -0.1) is 0 Å². The van der Waals surface area contributed by atoms with E-state index in [-0.39, 0.29) is 41.8 Å². The minimum atomic E-state index is -0.979. The standard InChI is InChI=1S/C34H40N2O7/c1-35-19-24-12-25(17-27(37)13-24)28(14-22-5-7-30(39)34(16-22)43-3)32(41)18-31(40)26(11-23-8-9-36-20-23)10-21-4-6-29(38)33(15-21)42-2/h4-9,12-13,15-17,20,26,28,31,35-40H,10-11,14,18-19H2,1-3H3/t26-,28+,31+/m0/s1. The summed E-state index contributed by atoms with van der Waals surface area (Å²) in [6, 6.07) is 17.1. The molecule has 0 bridgehead atoms. The largest absolute Gasteiger partial charge is 0.508 e. The Kier molecular flexibility index (Phi) is 10.7. The van der Waals surface area contributed by atoms with Crippen molar-refractivity contribution in [3.63, 3.8) is 0 Å². The first-order chi connectivity index (χ1) is 20.7. The zero-order valence-electron chi connectivity index (χ0n) is 24.7. The van der Waals surface area contributed by atoms with Crippen molar-refractivity contribution in [2.24, 2.45) is 5.92 Å². The van der Waals surface area contributed by atoms with E-state index in [9.17, 15) is 25.2 Å². The fourth-order valence-corrected chi connectivity index (χ4v) is 5.51. The van der Waals surface area contributed by atoms with Gasteiger partial charge in [0.25, 0.3) is 0 Å². The number of aromatic hydroxyl groups is 3. The number of carbonyl (C=O) groups excluding carboxylic acids is 1. The van der Waals surface area contributed by atoms with Gasteiger partial charge in [-0.25, -0.2) is 0 Å². The molecule has 3 aromatic carbocycles. The second kappa shape index (κ2) is 14.6. The zero-order valence-corrected chi connectivity index (χ0v) is 24.7. The zero-order chi connectivity index (χ0) is 30.9. The first-order valence-corrected chi connectivity index (χ1v) is 14.2. The molecular weight excluding hydrogens is 548 g/mol. The van der Waals surface area contributed by atoms with Crippen molar-refractivity contribution in [1.29, 1.82) is 0 Å². The van der Waals surface area contributed by atoms with Crippen LogP contribution in [0.4, 0.5) is 0 Å². The Morgan fingerprint density at radius 2 is 1.44 bits per heavy atom. The van der Waals surface area contributed by atoms with Crippen molar-refractivity contribution in [3.8, 4) is 28.7 Å². The lowest BCUT2D eigenvalue weighted by atomic mass is 9.81. The third kappa shape index (κ3) is 8.30. The summed E-state index contributed by atoms with van der Waals surface area (Å²) in [5.74, 6) is -0.446. The van der Waals surface area contributed by atoms with E-state index in [0.29, 0.717) is 36.4 Å². The minimum absolute atomic E-state index is 0.00308. The van der Waals surface area contributed by atoms with Crippen LogP contribution in [0.2, 0.25) is 0 Å². The van der Waals surface area contributed by atoms with Crippen LogP contribution >= 0.6 is 0 Å². The number of H-pyrrole nitrogens is 1. The smallest absolute Gasteiger partial charge is 0.160 e. The number of aliphatic hydroxyl groups is 1. The average molecular weight is 589 g/mol. The normalized spacial score (nSPS) is 13.3. The number of benzene rings is 3. The minimum Gasteiger partial charge on any atom is -0.508 e. The van der Waals surface area contributed by atoms with Gasteiger partial charge < -0.3 is 40.2 Å². The number of phenolic OH excluding ortho intramolecular Hbond substituents is 3. The van der Waals surface area contributed by atoms with Gasteiger partial charge in [0, 0.05) is 31.3 Å². The lowest BCUT2D eigenvalue weighted by Crippen LogP contribution is -2.30. The van der Waals surface area contributed by atoms with E-state index in [0.717, 1.165) is 22.3 Å². The predicted octanol–water partition coefficient (Wildman–Crippen LogP) is 4.62. The van der Waals surface area contributed by atoms with Gasteiger partial charge in [0.05, 0.1) is 20.3 Å². The Morgan fingerprint density at radius 1 is 0.814 bits per heavy atom. The molecule has 0 radical (unpaired) electrons. The van der Waals surface area contributed by atoms with Crippen LogP contribution in [-0.4, -0.2) is 58.6 Å².